The molecule has 0 heterocycles. The van der Waals surface area contributed by atoms with Gasteiger partial charge in [0, 0.05) is 6.04 Å². The highest BCUT2D eigenvalue weighted by molar-refractivity contribution is 5.32. The van der Waals surface area contributed by atoms with Gasteiger partial charge in [0.05, 0.1) is 0 Å². The van der Waals surface area contributed by atoms with E-state index in [4.69, 9.17) is 0 Å². The van der Waals surface area contributed by atoms with Crippen molar-refractivity contribution in [3.8, 4) is 0 Å². The van der Waals surface area contributed by atoms with Gasteiger partial charge >= 0.3 is 0 Å². The van der Waals surface area contributed by atoms with E-state index >= 15 is 0 Å². The molecule has 1 nitrogen and oxygen atoms in total. The van der Waals surface area contributed by atoms with Crippen LogP contribution in [-0.4, -0.2) is 12.6 Å². The van der Waals surface area contributed by atoms with Crippen molar-refractivity contribution >= 4 is 0 Å². The number of nitrogens with one attached hydrogen (secondary N) is 1. The zero-order valence-corrected chi connectivity index (χ0v) is 12.8. The van der Waals surface area contributed by atoms with Crippen LogP contribution in [0.4, 0.5) is 0 Å². The quantitative estimate of drug-likeness (QED) is 0.792. The first kappa shape index (κ1) is 14.6. The predicted octanol–water partition coefficient (Wildman–Crippen LogP) is 4.52. The van der Waals surface area contributed by atoms with Gasteiger partial charge in [0.15, 0.2) is 0 Å². The molecule has 0 saturated heterocycles. The van der Waals surface area contributed by atoms with E-state index in [0.29, 0.717) is 6.04 Å². The van der Waals surface area contributed by atoms with Crippen molar-refractivity contribution < 1.29 is 0 Å². The van der Waals surface area contributed by atoms with E-state index in [9.17, 15) is 0 Å². The second-order valence-electron chi connectivity index (χ2n) is 6.53. The maximum Gasteiger partial charge on any atom is 0.00103 e. The Kier molecular flexibility index (Phi) is 5.45. The van der Waals surface area contributed by atoms with Crippen molar-refractivity contribution in [3.63, 3.8) is 0 Å². The van der Waals surface area contributed by atoms with Gasteiger partial charge in [-0.2, -0.15) is 0 Å². The Balaban J connectivity index is 1.86. The molecule has 2 rings (SSSR count). The first-order chi connectivity index (χ1) is 9.16. The minimum absolute atomic E-state index is 0.614. The molecule has 0 fully saturated rings. The lowest BCUT2D eigenvalue weighted by Gasteiger charge is -2.28. The van der Waals surface area contributed by atoms with Crippen LogP contribution in [0, 0.1) is 5.92 Å². The maximum atomic E-state index is 3.53. The van der Waals surface area contributed by atoms with Crippen LogP contribution in [0.15, 0.2) is 24.3 Å². The van der Waals surface area contributed by atoms with Gasteiger partial charge in [0.2, 0.25) is 0 Å². The van der Waals surface area contributed by atoms with Crippen LogP contribution in [0.5, 0.6) is 0 Å². The van der Waals surface area contributed by atoms with Crippen molar-refractivity contribution in [3.05, 3.63) is 35.4 Å². The summed E-state index contributed by atoms with van der Waals surface area (Å²) >= 11 is 0. The Morgan fingerprint density at radius 1 is 1.21 bits per heavy atom. The molecule has 106 valence electrons. The SMILES string of the molecule is CC(CCNC(C)C)CC1CCCc2ccccc21. The molecular weight excluding hydrogens is 230 g/mol. The van der Waals surface area contributed by atoms with E-state index in [2.05, 4.69) is 50.4 Å². The van der Waals surface area contributed by atoms with E-state index in [1.165, 1.54) is 32.1 Å². The van der Waals surface area contributed by atoms with Crippen molar-refractivity contribution in [2.45, 2.75) is 64.8 Å². The van der Waals surface area contributed by atoms with Crippen LogP contribution in [0.2, 0.25) is 0 Å². The van der Waals surface area contributed by atoms with Crippen molar-refractivity contribution in [2.75, 3.05) is 6.54 Å². The minimum atomic E-state index is 0.614. The molecular formula is C18H29N. The summed E-state index contributed by atoms with van der Waals surface area (Å²) in [7, 11) is 0. The molecule has 0 saturated carbocycles. The summed E-state index contributed by atoms with van der Waals surface area (Å²) in [6.07, 6.45) is 6.71. The van der Waals surface area contributed by atoms with Crippen molar-refractivity contribution in [1.29, 1.82) is 0 Å². The summed E-state index contributed by atoms with van der Waals surface area (Å²) in [6.45, 7) is 8.02. The lowest BCUT2D eigenvalue weighted by Crippen LogP contribution is -2.25. The molecule has 19 heavy (non-hydrogen) atoms. The Bertz CT molecular complexity index is 383. The van der Waals surface area contributed by atoms with Crippen LogP contribution in [0.3, 0.4) is 0 Å². The van der Waals surface area contributed by atoms with E-state index in [0.717, 1.165) is 18.4 Å². The highest BCUT2D eigenvalue weighted by Gasteiger charge is 2.21. The molecule has 1 aliphatic rings. The summed E-state index contributed by atoms with van der Waals surface area (Å²) in [5.74, 6) is 1.63. The summed E-state index contributed by atoms with van der Waals surface area (Å²) < 4.78 is 0. The fraction of sp³-hybridized carbons (Fsp3) is 0.667. The molecule has 0 radical (unpaired) electrons. The number of benzene rings is 1. The number of hydrogen-bond acceptors (Lipinski definition) is 1. The smallest absolute Gasteiger partial charge is 0.00103 e. The maximum absolute atomic E-state index is 3.53. The molecule has 0 bridgehead atoms. The molecule has 2 atom stereocenters. The van der Waals surface area contributed by atoms with Gasteiger partial charge < -0.3 is 5.32 Å². The normalized spacial score (nSPS) is 20.3. The third kappa shape index (κ3) is 4.35. The summed E-state index contributed by atoms with van der Waals surface area (Å²) in [5.41, 5.74) is 3.24. The lowest BCUT2D eigenvalue weighted by atomic mass is 9.78. The van der Waals surface area contributed by atoms with Gasteiger partial charge in [0.1, 0.15) is 0 Å². The van der Waals surface area contributed by atoms with Gasteiger partial charge in [0.25, 0.3) is 0 Å². The van der Waals surface area contributed by atoms with Crippen LogP contribution < -0.4 is 5.32 Å². The van der Waals surface area contributed by atoms with Crippen molar-refractivity contribution in [2.24, 2.45) is 5.92 Å². The monoisotopic (exact) mass is 259 g/mol. The van der Waals surface area contributed by atoms with Gasteiger partial charge in [-0.15, -0.1) is 0 Å². The molecule has 0 spiro atoms. The highest BCUT2D eigenvalue weighted by atomic mass is 14.9. The van der Waals surface area contributed by atoms with Gasteiger partial charge in [-0.1, -0.05) is 45.0 Å². The molecule has 0 amide bonds. The van der Waals surface area contributed by atoms with Crippen LogP contribution >= 0.6 is 0 Å². The zero-order chi connectivity index (χ0) is 13.7. The number of hydrogen-bond donors (Lipinski definition) is 1. The fourth-order valence-corrected chi connectivity index (χ4v) is 3.32. The minimum Gasteiger partial charge on any atom is -0.315 e. The fourth-order valence-electron chi connectivity index (χ4n) is 3.32. The van der Waals surface area contributed by atoms with Crippen LogP contribution in [-0.2, 0) is 6.42 Å². The molecule has 0 aromatic heterocycles. The first-order valence-electron chi connectivity index (χ1n) is 7.98. The molecule has 1 aromatic rings. The third-order valence-electron chi connectivity index (χ3n) is 4.37. The van der Waals surface area contributed by atoms with Crippen molar-refractivity contribution in [1.82, 2.24) is 5.32 Å². The second kappa shape index (κ2) is 7.09. The summed E-state index contributed by atoms with van der Waals surface area (Å²) in [4.78, 5) is 0. The number of aryl methyl sites for hydroxylation is 1. The number of rotatable bonds is 6. The second-order valence-corrected chi connectivity index (χ2v) is 6.53. The van der Waals surface area contributed by atoms with E-state index < -0.39 is 0 Å². The molecule has 2 unspecified atom stereocenters. The highest BCUT2D eigenvalue weighted by Crippen LogP contribution is 2.36. The Morgan fingerprint density at radius 3 is 2.79 bits per heavy atom. The third-order valence-corrected chi connectivity index (χ3v) is 4.37. The summed E-state index contributed by atoms with van der Waals surface area (Å²) in [5, 5.41) is 3.53. The molecule has 1 N–H and O–H groups in total. The molecule has 1 aliphatic carbocycles. The summed E-state index contributed by atoms with van der Waals surface area (Å²) in [6, 6.07) is 9.70. The Labute approximate surface area is 118 Å². The van der Waals surface area contributed by atoms with E-state index in [1.807, 2.05) is 0 Å². The molecule has 1 aromatic carbocycles. The molecule has 1 heteroatoms. The largest absolute Gasteiger partial charge is 0.315 e. The molecule has 0 aliphatic heterocycles. The van der Waals surface area contributed by atoms with Gasteiger partial charge in [-0.05, 0) is 61.6 Å². The Hall–Kier alpha value is -0.820. The number of fused-ring (bicyclic) bond motifs is 1. The van der Waals surface area contributed by atoms with Gasteiger partial charge in [-0.3, -0.25) is 0 Å². The average molecular weight is 259 g/mol. The standard InChI is InChI=1S/C18H29N/c1-14(2)19-12-11-15(3)13-17-9-6-8-16-7-4-5-10-18(16)17/h4-5,7,10,14-15,17,19H,6,8-9,11-13H2,1-3H3. The lowest BCUT2D eigenvalue weighted by molar-refractivity contribution is 0.393. The Morgan fingerprint density at radius 2 is 2.00 bits per heavy atom. The van der Waals surface area contributed by atoms with Crippen LogP contribution in [0.1, 0.15) is 63.5 Å². The van der Waals surface area contributed by atoms with E-state index in [1.54, 1.807) is 11.1 Å². The predicted molar refractivity (Wildman–Crippen MR) is 83.7 cm³/mol. The topological polar surface area (TPSA) is 12.0 Å². The van der Waals surface area contributed by atoms with Crippen LogP contribution in [0.25, 0.3) is 0 Å². The van der Waals surface area contributed by atoms with E-state index in [-0.39, 0.29) is 0 Å². The first-order valence-corrected chi connectivity index (χ1v) is 7.98. The van der Waals surface area contributed by atoms with Gasteiger partial charge in [-0.25, -0.2) is 0 Å². The average Bonchev–Trinajstić information content (AvgIpc) is 2.39. The zero-order valence-electron chi connectivity index (χ0n) is 12.8.